The van der Waals surface area contributed by atoms with Crippen LogP contribution in [0.1, 0.15) is 25.3 Å². The molecular weight excluding hydrogens is 286 g/mol. The summed E-state index contributed by atoms with van der Waals surface area (Å²) in [4.78, 5) is 6.79. The molecule has 0 aromatic carbocycles. The summed E-state index contributed by atoms with van der Waals surface area (Å²) in [5, 5.41) is 8.34. The molecule has 5 nitrogen and oxygen atoms in total. The molecule has 2 aromatic rings. The fourth-order valence-corrected chi connectivity index (χ4v) is 3.22. The maximum Gasteiger partial charge on any atom is 0.156 e. The molecule has 0 unspecified atom stereocenters. The minimum atomic E-state index is 0.645. The van der Waals surface area contributed by atoms with Crippen molar-refractivity contribution >= 4 is 22.9 Å². The van der Waals surface area contributed by atoms with E-state index in [9.17, 15) is 0 Å². The smallest absolute Gasteiger partial charge is 0.156 e. The zero-order valence-corrected chi connectivity index (χ0v) is 13.4. The summed E-state index contributed by atoms with van der Waals surface area (Å²) in [5.41, 5.74) is 2.16. The van der Waals surface area contributed by atoms with Crippen molar-refractivity contribution in [3.8, 4) is 0 Å². The number of hydrogen-bond acceptors (Lipinski definition) is 4. The van der Waals surface area contributed by atoms with Crippen LogP contribution in [-0.2, 0) is 0 Å². The maximum atomic E-state index is 6.19. The zero-order valence-electron chi connectivity index (χ0n) is 12.6. The second kappa shape index (κ2) is 6.20. The number of halogens is 1. The van der Waals surface area contributed by atoms with Gasteiger partial charge in [0.1, 0.15) is 17.0 Å². The Bertz CT molecular complexity index is 618. The molecule has 1 N–H and O–H groups in total. The average molecular weight is 308 g/mol. The van der Waals surface area contributed by atoms with Gasteiger partial charge in [-0.1, -0.05) is 18.5 Å². The van der Waals surface area contributed by atoms with Crippen LogP contribution in [-0.4, -0.2) is 40.8 Å². The predicted molar refractivity (Wildman–Crippen MR) is 86.2 cm³/mol. The van der Waals surface area contributed by atoms with E-state index in [-0.39, 0.29) is 0 Å². The quantitative estimate of drug-likeness (QED) is 0.833. The number of nitrogens with zero attached hydrogens (tertiary/aromatic N) is 4. The first-order valence-corrected chi connectivity index (χ1v) is 8.03. The molecule has 3 rings (SSSR count). The number of aryl methyl sites for hydroxylation is 1. The van der Waals surface area contributed by atoms with Gasteiger partial charge in [0.2, 0.25) is 0 Å². The van der Waals surface area contributed by atoms with Crippen molar-refractivity contribution in [2.75, 3.05) is 31.1 Å². The van der Waals surface area contributed by atoms with Crippen LogP contribution in [0.5, 0.6) is 0 Å². The summed E-state index contributed by atoms with van der Waals surface area (Å²) in [6.07, 6.45) is 4.02. The third-order valence-electron chi connectivity index (χ3n) is 4.10. The van der Waals surface area contributed by atoms with E-state index in [0.717, 1.165) is 49.0 Å². The van der Waals surface area contributed by atoms with Crippen LogP contribution in [0.25, 0.3) is 5.52 Å². The van der Waals surface area contributed by atoms with E-state index in [2.05, 4.69) is 34.1 Å². The summed E-state index contributed by atoms with van der Waals surface area (Å²) < 4.78 is 1.77. The van der Waals surface area contributed by atoms with Gasteiger partial charge in [0, 0.05) is 13.1 Å². The van der Waals surface area contributed by atoms with E-state index >= 15 is 0 Å². The molecule has 0 spiro atoms. The van der Waals surface area contributed by atoms with Crippen molar-refractivity contribution in [3.63, 3.8) is 0 Å². The first-order chi connectivity index (χ1) is 10.2. The molecule has 3 heterocycles. The Labute approximate surface area is 130 Å². The monoisotopic (exact) mass is 307 g/mol. The summed E-state index contributed by atoms with van der Waals surface area (Å²) in [6.45, 7) is 8.63. The van der Waals surface area contributed by atoms with Crippen LogP contribution in [0.4, 0.5) is 5.82 Å². The molecule has 21 heavy (non-hydrogen) atoms. The van der Waals surface area contributed by atoms with Crippen LogP contribution < -0.4 is 10.2 Å². The van der Waals surface area contributed by atoms with Crippen molar-refractivity contribution in [3.05, 3.63) is 23.1 Å². The van der Waals surface area contributed by atoms with Crippen LogP contribution in [0.2, 0.25) is 5.15 Å². The van der Waals surface area contributed by atoms with Gasteiger partial charge in [-0.3, -0.25) is 0 Å². The van der Waals surface area contributed by atoms with Crippen molar-refractivity contribution in [1.82, 2.24) is 19.9 Å². The van der Waals surface area contributed by atoms with Gasteiger partial charge in [-0.25, -0.2) is 9.50 Å². The van der Waals surface area contributed by atoms with Gasteiger partial charge in [-0.05, 0) is 50.4 Å². The van der Waals surface area contributed by atoms with Gasteiger partial charge in [0.25, 0.3) is 0 Å². The van der Waals surface area contributed by atoms with Gasteiger partial charge < -0.3 is 10.2 Å². The Balaban J connectivity index is 1.65. The average Bonchev–Trinajstić information content (AvgIpc) is 2.72. The fourth-order valence-electron chi connectivity index (χ4n) is 2.92. The van der Waals surface area contributed by atoms with Crippen molar-refractivity contribution < 1.29 is 0 Å². The van der Waals surface area contributed by atoms with E-state index in [0.29, 0.717) is 5.15 Å². The lowest BCUT2D eigenvalue weighted by Gasteiger charge is -2.40. The maximum absolute atomic E-state index is 6.19. The first-order valence-electron chi connectivity index (χ1n) is 7.65. The molecule has 1 aliphatic heterocycles. The summed E-state index contributed by atoms with van der Waals surface area (Å²) in [7, 11) is 0. The Morgan fingerprint density at radius 1 is 1.38 bits per heavy atom. The lowest BCUT2D eigenvalue weighted by atomic mass is 9.96. The predicted octanol–water partition coefficient (Wildman–Crippen LogP) is 2.52. The van der Waals surface area contributed by atoms with Gasteiger partial charge >= 0.3 is 0 Å². The van der Waals surface area contributed by atoms with E-state index in [1.54, 1.807) is 10.8 Å². The number of nitrogens with one attached hydrogen (secondary N) is 1. The number of fused-ring (bicyclic) bond motifs is 1. The minimum absolute atomic E-state index is 0.645. The van der Waals surface area contributed by atoms with Crippen molar-refractivity contribution in [2.45, 2.75) is 26.7 Å². The molecule has 2 aromatic heterocycles. The third kappa shape index (κ3) is 2.85. The van der Waals surface area contributed by atoms with Gasteiger partial charge in [-0.15, -0.1) is 0 Å². The highest BCUT2D eigenvalue weighted by Gasteiger charge is 2.29. The van der Waals surface area contributed by atoms with Crippen molar-refractivity contribution in [1.29, 1.82) is 0 Å². The molecule has 0 radical (unpaired) electrons. The van der Waals surface area contributed by atoms with Gasteiger partial charge in [-0.2, -0.15) is 5.10 Å². The SMILES string of the molecule is CCCNCCC1CN(c2ncnn3c(Cl)cc(C)c23)C1. The number of aromatic nitrogens is 3. The zero-order chi connectivity index (χ0) is 14.8. The molecule has 0 saturated carbocycles. The van der Waals surface area contributed by atoms with E-state index < -0.39 is 0 Å². The molecule has 0 amide bonds. The molecule has 1 saturated heterocycles. The summed E-state index contributed by atoms with van der Waals surface area (Å²) in [5.74, 6) is 1.77. The second-order valence-corrected chi connectivity index (χ2v) is 6.19. The van der Waals surface area contributed by atoms with Crippen LogP contribution in [0.3, 0.4) is 0 Å². The lowest BCUT2D eigenvalue weighted by Crippen LogP contribution is -2.48. The van der Waals surface area contributed by atoms with Crippen LogP contribution in [0, 0.1) is 12.8 Å². The molecule has 6 heteroatoms. The Morgan fingerprint density at radius 2 is 2.19 bits per heavy atom. The van der Waals surface area contributed by atoms with Crippen molar-refractivity contribution in [2.24, 2.45) is 5.92 Å². The third-order valence-corrected chi connectivity index (χ3v) is 4.36. The molecule has 0 aliphatic carbocycles. The molecule has 1 fully saturated rings. The highest BCUT2D eigenvalue weighted by molar-refractivity contribution is 6.30. The topological polar surface area (TPSA) is 45.5 Å². The fraction of sp³-hybridized carbons (Fsp3) is 0.600. The Hall–Kier alpha value is -1.33. The molecule has 1 aliphatic rings. The van der Waals surface area contributed by atoms with E-state index in [1.807, 2.05) is 6.07 Å². The van der Waals surface area contributed by atoms with E-state index in [1.165, 1.54) is 12.8 Å². The van der Waals surface area contributed by atoms with Gasteiger partial charge in [0.05, 0.1) is 0 Å². The Kier molecular flexibility index (Phi) is 4.31. The molecular formula is C15H22ClN5. The van der Waals surface area contributed by atoms with Crippen LogP contribution in [0.15, 0.2) is 12.4 Å². The Morgan fingerprint density at radius 3 is 2.95 bits per heavy atom. The highest BCUT2D eigenvalue weighted by atomic mass is 35.5. The summed E-state index contributed by atoms with van der Waals surface area (Å²) >= 11 is 6.19. The molecule has 0 bridgehead atoms. The first kappa shape index (κ1) is 14.6. The molecule has 0 atom stereocenters. The lowest BCUT2D eigenvalue weighted by molar-refractivity contribution is 0.373. The molecule has 114 valence electrons. The minimum Gasteiger partial charge on any atom is -0.354 e. The summed E-state index contributed by atoms with van der Waals surface area (Å²) in [6, 6.07) is 1.95. The van der Waals surface area contributed by atoms with Crippen LogP contribution >= 0.6 is 11.6 Å². The van der Waals surface area contributed by atoms with Gasteiger partial charge in [0.15, 0.2) is 5.82 Å². The number of anilines is 1. The number of rotatable bonds is 6. The normalized spacial score (nSPS) is 15.7. The largest absolute Gasteiger partial charge is 0.354 e. The number of hydrogen-bond donors (Lipinski definition) is 1. The van der Waals surface area contributed by atoms with E-state index in [4.69, 9.17) is 11.6 Å². The standard InChI is InChI=1S/C15H22ClN5/c1-3-5-17-6-4-12-8-20(9-12)15-14-11(2)7-13(16)21(14)19-10-18-15/h7,10,12,17H,3-6,8-9H2,1-2H3. The highest BCUT2D eigenvalue weighted by Crippen LogP contribution is 2.31. The second-order valence-electron chi connectivity index (χ2n) is 5.80.